The van der Waals surface area contributed by atoms with Gasteiger partial charge in [-0.3, -0.25) is 19.6 Å². The minimum atomic E-state index is -0.569. The van der Waals surface area contributed by atoms with E-state index >= 15 is 0 Å². The quantitative estimate of drug-likeness (QED) is 0.445. The van der Waals surface area contributed by atoms with Crippen molar-refractivity contribution in [3.63, 3.8) is 0 Å². The zero-order valence-electron chi connectivity index (χ0n) is 16.1. The van der Waals surface area contributed by atoms with Crippen molar-refractivity contribution in [1.29, 1.82) is 0 Å². The Morgan fingerprint density at radius 1 is 1.28 bits per heavy atom. The van der Waals surface area contributed by atoms with E-state index in [9.17, 15) is 14.9 Å². The zero-order chi connectivity index (χ0) is 21.1. The maximum atomic E-state index is 12.5. The van der Waals surface area contributed by atoms with Gasteiger partial charge in [-0.15, -0.1) is 0 Å². The summed E-state index contributed by atoms with van der Waals surface area (Å²) in [5.74, 6) is 0.237. The first-order valence-electron chi connectivity index (χ1n) is 8.85. The first kappa shape index (κ1) is 20.3. The lowest BCUT2D eigenvalue weighted by Crippen LogP contribution is -2.14. The van der Waals surface area contributed by atoms with E-state index in [-0.39, 0.29) is 27.8 Å². The second-order valence-corrected chi connectivity index (χ2v) is 6.89. The van der Waals surface area contributed by atoms with Gasteiger partial charge in [0.05, 0.1) is 21.7 Å². The molecule has 0 unspecified atom stereocenters. The molecule has 0 saturated heterocycles. The highest BCUT2D eigenvalue weighted by Gasteiger charge is 2.18. The number of nitrogens with zero attached hydrogens (tertiary/aromatic N) is 3. The van der Waals surface area contributed by atoms with Gasteiger partial charge in [-0.05, 0) is 38.0 Å². The van der Waals surface area contributed by atoms with Gasteiger partial charge in [-0.25, -0.2) is 0 Å². The standard InChI is InChI=1S/C20H19ClN4O4/c1-4-24-11-17(21)19(23-24)20(26)22-14-8-15(25(27)28)10-16(9-14)29-18-7-12(2)5-6-13(18)3/h5-11H,4H2,1-3H3,(H,22,26). The smallest absolute Gasteiger partial charge is 0.277 e. The molecule has 0 aliphatic rings. The van der Waals surface area contributed by atoms with Crippen LogP contribution in [-0.2, 0) is 6.54 Å². The number of carbonyl (C=O) groups excluding carboxylic acids is 1. The van der Waals surface area contributed by atoms with E-state index < -0.39 is 10.8 Å². The van der Waals surface area contributed by atoms with Crippen molar-refractivity contribution < 1.29 is 14.5 Å². The average Bonchev–Trinajstić information content (AvgIpc) is 3.05. The third-order valence-corrected chi connectivity index (χ3v) is 4.46. The summed E-state index contributed by atoms with van der Waals surface area (Å²) in [4.78, 5) is 23.3. The lowest BCUT2D eigenvalue weighted by molar-refractivity contribution is -0.384. The maximum Gasteiger partial charge on any atom is 0.277 e. The van der Waals surface area contributed by atoms with Gasteiger partial charge < -0.3 is 10.1 Å². The van der Waals surface area contributed by atoms with Crippen LogP contribution in [0.4, 0.5) is 11.4 Å². The SMILES string of the molecule is CCn1cc(Cl)c(C(=O)Nc2cc(Oc3cc(C)ccc3C)cc([N+](=O)[O-])c2)n1. The van der Waals surface area contributed by atoms with E-state index in [1.807, 2.05) is 39.0 Å². The monoisotopic (exact) mass is 414 g/mol. The van der Waals surface area contributed by atoms with Gasteiger partial charge in [0, 0.05) is 24.9 Å². The molecule has 9 heteroatoms. The molecule has 150 valence electrons. The molecule has 0 fully saturated rings. The molecule has 0 bridgehead atoms. The predicted molar refractivity (Wildman–Crippen MR) is 110 cm³/mol. The van der Waals surface area contributed by atoms with Crippen LogP contribution >= 0.6 is 11.6 Å². The van der Waals surface area contributed by atoms with Crippen LogP contribution in [0.25, 0.3) is 0 Å². The molecule has 0 spiro atoms. The number of anilines is 1. The molecule has 0 atom stereocenters. The molecule has 0 radical (unpaired) electrons. The number of benzene rings is 2. The number of nitro groups is 1. The maximum absolute atomic E-state index is 12.5. The first-order valence-corrected chi connectivity index (χ1v) is 9.23. The number of hydrogen-bond donors (Lipinski definition) is 1. The van der Waals surface area contributed by atoms with Crippen LogP contribution in [0.15, 0.2) is 42.6 Å². The molecule has 3 rings (SSSR count). The summed E-state index contributed by atoms with van der Waals surface area (Å²) >= 11 is 6.06. The molecule has 29 heavy (non-hydrogen) atoms. The number of nitrogens with one attached hydrogen (secondary N) is 1. The topological polar surface area (TPSA) is 99.3 Å². The van der Waals surface area contributed by atoms with Crippen molar-refractivity contribution >= 4 is 28.9 Å². The number of carbonyl (C=O) groups is 1. The van der Waals surface area contributed by atoms with E-state index in [4.69, 9.17) is 16.3 Å². The van der Waals surface area contributed by atoms with Crippen LogP contribution in [0.5, 0.6) is 11.5 Å². The molecule has 1 heterocycles. The van der Waals surface area contributed by atoms with E-state index in [0.717, 1.165) is 11.1 Å². The van der Waals surface area contributed by atoms with Crippen molar-refractivity contribution in [2.75, 3.05) is 5.32 Å². The molecular formula is C20H19ClN4O4. The minimum absolute atomic E-state index is 0.0389. The number of ether oxygens (including phenoxy) is 1. The second kappa shape index (κ2) is 8.32. The second-order valence-electron chi connectivity index (χ2n) is 6.48. The van der Waals surface area contributed by atoms with E-state index in [1.165, 1.54) is 22.9 Å². The summed E-state index contributed by atoms with van der Waals surface area (Å²) in [7, 11) is 0. The van der Waals surface area contributed by atoms with Crippen LogP contribution in [0.3, 0.4) is 0 Å². The Hall–Kier alpha value is -3.39. The molecule has 0 saturated carbocycles. The molecule has 3 aromatic rings. The molecule has 2 aromatic carbocycles. The summed E-state index contributed by atoms with van der Waals surface area (Å²) in [6, 6.07) is 9.74. The van der Waals surface area contributed by atoms with Gasteiger partial charge >= 0.3 is 0 Å². The van der Waals surface area contributed by atoms with Crippen molar-refractivity contribution in [1.82, 2.24) is 9.78 Å². The number of halogens is 1. The average molecular weight is 415 g/mol. The molecule has 1 aromatic heterocycles. The highest BCUT2D eigenvalue weighted by atomic mass is 35.5. The Labute approximate surface area is 172 Å². The van der Waals surface area contributed by atoms with Gasteiger partial charge in [0.2, 0.25) is 0 Å². The predicted octanol–water partition coefficient (Wildman–Crippen LogP) is 5.13. The fraction of sp³-hybridized carbons (Fsp3) is 0.200. The van der Waals surface area contributed by atoms with E-state index in [2.05, 4.69) is 10.4 Å². The summed E-state index contributed by atoms with van der Waals surface area (Å²) in [5.41, 5.74) is 1.90. The number of rotatable bonds is 6. The van der Waals surface area contributed by atoms with Crippen LogP contribution in [-0.4, -0.2) is 20.6 Å². The minimum Gasteiger partial charge on any atom is -0.457 e. The van der Waals surface area contributed by atoms with Crippen molar-refractivity contribution in [2.24, 2.45) is 0 Å². The molecular weight excluding hydrogens is 396 g/mol. The Balaban J connectivity index is 1.92. The largest absolute Gasteiger partial charge is 0.457 e. The van der Waals surface area contributed by atoms with Gasteiger partial charge in [0.15, 0.2) is 5.69 Å². The number of non-ortho nitro benzene ring substituents is 1. The first-order chi connectivity index (χ1) is 13.8. The van der Waals surface area contributed by atoms with Gasteiger partial charge in [-0.1, -0.05) is 23.7 Å². The molecule has 8 nitrogen and oxygen atoms in total. The molecule has 1 N–H and O–H groups in total. The summed E-state index contributed by atoms with van der Waals surface area (Å²) in [5, 5.41) is 18.2. The Bertz CT molecular complexity index is 1090. The van der Waals surface area contributed by atoms with Crippen molar-refractivity contribution in [3.05, 3.63) is 74.6 Å². The summed E-state index contributed by atoms with van der Waals surface area (Å²) in [6.07, 6.45) is 1.54. The normalized spacial score (nSPS) is 10.6. The Morgan fingerprint density at radius 3 is 2.69 bits per heavy atom. The van der Waals surface area contributed by atoms with Gasteiger partial charge in [0.25, 0.3) is 11.6 Å². The van der Waals surface area contributed by atoms with Crippen molar-refractivity contribution in [2.45, 2.75) is 27.3 Å². The molecule has 0 aliphatic carbocycles. The Kier molecular flexibility index (Phi) is 5.84. The highest BCUT2D eigenvalue weighted by Crippen LogP contribution is 2.32. The Morgan fingerprint density at radius 2 is 2.03 bits per heavy atom. The van der Waals surface area contributed by atoms with Crippen molar-refractivity contribution in [3.8, 4) is 11.5 Å². The fourth-order valence-corrected chi connectivity index (χ4v) is 2.90. The molecule has 1 amide bonds. The van der Waals surface area contributed by atoms with Crippen LogP contribution in [0.2, 0.25) is 5.02 Å². The lowest BCUT2D eigenvalue weighted by Gasteiger charge is -2.11. The van der Waals surface area contributed by atoms with Crippen LogP contribution < -0.4 is 10.1 Å². The summed E-state index contributed by atoms with van der Waals surface area (Å²) < 4.78 is 7.38. The van der Waals surface area contributed by atoms with Gasteiger partial charge in [0.1, 0.15) is 11.5 Å². The number of aromatic nitrogens is 2. The zero-order valence-corrected chi connectivity index (χ0v) is 16.9. The van der Waals surface area contributed by atoms with Crippen LogP contribution in [0, 0.1) is 24.0 Å². The lowest BCUT2D eigenvalue weighted by atomic mass is 10.1. The number of nitro benzene ring substituents is 1. The van der Waals surface area contributed by atoms with E-state index in [1.54, 1.807) is 6.20 Å². The third-order valence-electron chi connectivity index (χ3n) is 4.19. The fourth-order valence-electron chi connectivity index (χ4n) is 2.67. The third kappa shape index (κ3) is 4.72. The molecule has 0 aliphatic heterocycles. The van der Waals surface area contributed by atoms with E-state index in [0.29, 0.717) is 12.3 Å². The van der Waals surface area contributed by atoms with Crippen LogP contribution in [0.1, 0.15) is 28.5 Å². The summed E-state index contributed by atoms with van der Waals surface area (Å²) in [6.45, 7) is 6.21. The highest BCUT2D eigenvalue weighted by molar-refractivity contribution is 6.34. The number of aryl methyl sites for hydroxylation is 3. The number of amides is 1. The number of hydrogen-bond acceptors (Lipinski definition) is 5. The van der Waals surface area contributed by atoms with Gasteiger partial charge in [-0.2, -0.15) is 5.10 Å².